The van der Waals surface area contributed by atoms with Crippen LogP contribution in [0.1, 0.15) is 18.9 Å². The lowest BCUT2D eigenvalue weighted by atomic mass is 10.2. The highest BCUT2D eigenvalue weighted by molar-refractivity contribution is 7.89. The summed E-state index contributed by atoms with van der Waals surface area (Å²) in [5, 5.41) is 3.45. The first-order chi connectivity index (χ1) is 8.44. The predicted molar refractivity (Wildman–Crippen MR) is 72.1 cm³/mol. The summed E-state index contributed by atoms with van der Waals surface area (Å²) in [6, 6.07) is 4.91. The Labute approximate surface area is 113 Å². The van der Waals surface area contributed by atoms with Gasteiger partial charge in [-0.1, -0.05) is 24.6 Å². The van der Waals surface area contributed by atoms with E-state index in [1.807, 2.05) is 14.0 Å². The lowest BCUT2D eigenvalue weighted by Gasteiger charge is -2.09. The Kier molecular flexibility index (Phi) is 3.96. The third kappa shape index (κ3) is 3.03. The van der Waals surface area contributed by atoms with Crippen molar-refractivity contribution in [1.29, 1.82) is 0 Å². The number of hydrogen-bond donors (Lipinski definition) is 2. The minimum Gasteiger partial charge on any atom is -0.316 e. The van der Waals surface area contributed by atoms with E-state index in [-0.39, 0.29) is 10.9 Å². The molecular weight excluding hydrogens is 272 g/mol. The number of hydrogen-bond acceptors (Lipinski definition) is 3. The van der Waals surface area contributed by atoms with Crippen LogP contribution in [-0.4, -0.2) is 21.5 Å². The number of nitrogens with one attached hydrogen (secondary N) is 2. The summed E-state index contributed by atoms with van der Waals surface area (Å²) < 4.78 is 26.8. The molecular formula is C12H17ClN2O2S. The third-order valence-electron chi connectivity index (χ3n) is 3.12. The minimum absolute atomic E-state index is 0.0748. The van der Waals surface area contributed by atoms with Crippen LogP contribution >= 0.6 is 11.6 Å². The largest absolute Gasteiger partial charge is 0.316 e. The molecule has 2 unspecified atom stereocenters. The summed E-state index contributed by atoms with van der Waals surface area (Å²) >= 11 is 6.06. The Morgan fingerprint density at radius 3 is 2.61 bits per heavy atom. The number of rotatable bonds is 5. The van der Waals surface area contributed by atoms with Crippen molar-refractivity contribution in [2.75, 3.05) is 7.05 Å². The van der Waals surface area contributed by atoms with Gasteiger partial charge in [-0.05, 0) is 37.1 Å². The van der Waals surface area contributed by atoms with E-state index in [0.29, 0.717) is 17.5 Å². The van der Waals surface area contributed by atoms with Crippen molar-refractivity contribution in [2.45, 2.75) is 30.8 Å². The summed E-state index contributed by atoms with van der Waals surface area (Å²) in [4.78, 5) is 0.228. The first-order valence-electron chi connectivity index (χ1n) is 5.89. The normalized spacial score (nSPS) is 23.1. The van der Waals surface area contributed by atoms with Gasteiger partial charge in [0.05, 0.1) is 4.90 Å². The van der Waals surface area contributed by atoms with Crippen LogP contribution in [0.3, 0.4) is 0 Å². The van der Waals surface area contributed by atoms with E-state index in [0.717, 1.165) is 12.0 Å². The molecule has 1 aromatic carbocycles. The van der Waals surface area contributed by atoms with Crippen LogP contribution in [0.25, 0.3) is 0 Å². The maximum Gasteiger partial charge on any atom is 0.240 e. The van der Waals surface area contributed by atoms with Gasteiger partial charge in [0.2, 0.25) is 10.0 Å². The molecule has 0 saturated heterocycles. The standard InChI is InChI=1S/C12H17ClN2O2S/c1-8-5-12(8)15-18(16,17)10-4-3-9(7-14-2)11(13)6-10/h3-4,6,8,12,14-15H,5,7H2,1-2H3. The first-order valence-corrected chi connectivity index (χ1v) is 7.75. The van der Waals surface area contributed by atoms with Crippen molar-refractivity contribution in [3.63, 3.8) is 0 Å². The highest BCUT2D eigenvalue weighted by atomic mass is 35.5. The maximum atomic E-state index is 12.1. The summed E-state index contributed by atoms with van der Waals surface area (Å²) in [5.41, 5.74) is 0.887. The van der Waals surface area contributed by atoms with Gasteiger partial charge in [-0.15, -0.1) is 0 Å². The van der Waals surface area contributed by atoms with E-state index in [1.165, 1.54) is 6.07 Å². The number of halogens is 1. The van der Waals surface area contributed by atoms with E-state index in [9.17, 15) is 8.42 Å². The average molecular weight is 289 g/mol. The van der Waals surface area contributed by atoms with E-state index in [4.69, 9.17) is 11.6 Å². The van der Waals surface area contributed by atoms with Crippen LogP contribution in [-0.2, 0) is 16.6 Å². The van der Waals surface area contributed by atoms with Crippen LogP contribution in [0.2, 0.25) is 5.02 Å². The fourth-order valence-corrected chi connectivity index (χ4v) is 3.48. The molecule has 0 bridgehead atoms. The molecule has 1 saturated carbocycles. The topological polar surface area (TPSA) is 58.2 Å². The van der Waals surface area contributed by atoms with Crippen molar-refractivity contribution in [1.82, 2.24) is 10.0 Å². The summed E-state index contributed by atoms with van der Waals surface area (Å²) in [6.07, 6.45) is 0.908. The fourth-order valence-electron chi connectivity index (χ4n) is 1.78. The molecule has 0 aromatic heterocycles. The molecule has 2 rings (SSSR count). The Hall–Kier alpha value is -0.620. The molecule has 4 nitrogen and oxygen atoms in total. The highest BCUT2D eigenvalue weighted by Crippen LogP contribution is 2.31. The summed E-state index contributed by atoms with van der Waals surface area (Å²) in [7, 11) is -1.62. The van der Waals surface area contributed by atoms with Crippen LogP contribution in [0, 0.1) is 5.92 Å². The molecule has 100 valence electrons. The zero-order chi connectivity index (χ0) is 13.3. The molecule has 6 heteroatoms. The van der Waals surface area contributed by atoms with Crippen LogP contribution < -0.4 is 10.0 Å². The predicted octanol–water partition coefficient (Wildman–Crippen LogP) is 1.75. The number of benzene rings is 1. The lowest BCUT2D eigenvalue weighted by Crippen LogP contribution is -2.26. The second kappa shape index (κ2) is 5.17. The molecule has 2 atom stereocenters. The first kappa shape index (κ1) is 13.8. The van der Waals surface area contributed by atoms with Gasteiger partial charge < -0.3 is 5.32 Å². The summed E-state index contributed by atoms with van der Waals surface area (Å²) in [5.74, 6) is 0.429. The Bertz CT molecular complexity index is 545. The molecule has 1 aliphatic rings. The SMILES string of the molecule is CNCc1ccc(S(=O)(=O)NC2CC2C)cc1Cl. The van der Waals surface area contributed by atoms with Crippen molar-refractivity contribution in [3.05, 3.63) is 28.8 Å². The second-order valence-electron chi connectivity index (χ2n) is 4.72. The van der Waals surface area contributed by atoms with E-state index < -0.39 is 10.0 Å². The molecule has 0 aliphatic heterocycles. The van der Waals surface area contributed by atoms with Gasteiger partial charge in [-0.25, -0.2) is 13.1 Å². The second-order valence-corrected chi connectivity index (χ2v) is 6.85. The van der Waals surface area contributed by atoms with Crippen LogP contribution in [0.4, 0.5) is 0 Å². The summed E-state index contributed by atoms with van der Waals surface area (Å²) in [6.45, 7) is 2.64. The molecule has 2 N–H and O–H groups in total. The van der Waals surface area contributed by atoms with Gasteiger partial charge in [0, 0.05) is 17.6 Å². The molecule has 18 heavy (non-hydrogen) atoms. The van der Waals surface area contributed by atoms with Gasteiger partial charge in [-0.3, -0.25) is 0 Å². The lowest BCUT2D eigenvalue weighted by molar-refractivity contribution is 0.578. The quantitative estimate of drug-likeness (QED) is 0.868. The third-order valence-corrected chi connectivity index (χ3v) is 4.96. The van der Waals surface area contributed by atoms with Gasteiger partial charge in [-0.2, -0.15) is 0 Å². The van der Waals surface area contributed by atoms with Crippen LogP contribution in [0.15, 0.2) is 23.1 Å². The molecule has 1 aromatic rings. The van der Waals surface area contributed by atoms with Crippen molar-refractivity contribution in [2.24, 2.45) is 5.92 Å². The smallest absolute Gasteiger partial charge is 0.240 e. The molecule has 0 spiro atoms. The molecule has 1 aliphatic carbocycles. The minimum atomic E-state index is -3.44. The highest BCUT2D eigenvalue weighted by Gasteiger charge is 2.36. The van der Waals surface area contributed by atoms with E-state index in [2.05, 4.69) is 10.0 Å². The van der Waals surface area contributed by atoms with Crippen LogP contribution in [0.5, 0.6) is 0 Å². The molecule has 0 amide bonds. The van der Waals surface area contributed by atoms with Gasteiger partial charge in [0.1, 0.15) is 0 Å². The average Bonchev–Trinajstić information content (AvgIpc) is 2.96. The van der Waals surface area contributed by atoms with E-state index in [1.54, 1.807) is 12.1 Å². The van der Waals surface area contributed by atoms with Crippen molar-refractivity contribution >= 4 is 21.6 Å². The Morgan fingerprint density at radius 1 is 1.44 bits per heavy atom. The number of sulfonamides is 1. The fraction of sp³-hybridized carbons (Fsp3) is 0.500. The molecule has 0 heterocycles. The Balaban J connectivity index is 2.20. The van der Waals surface area contributed by atoms with Gasteiger partial charge >= 0.3 is 0 Å². The molecule has 1 fully saturated rings. The zero-order valence-corrected chi connectivity index (χ0v) is 12.0. The Morgan fingerprint density at radius 2 is 2.11 bits per heavy atom. The zero-order valence-electron chi connectivity index (χ0n) is 10.4. The maximum absolute atomic E-state index is 12.1. The van der Waals surface area contributed by atoms with E-state index >= 15 is 0 Å². The monoisotopic (exact) mass is 288 g/mol. The van der Waals surface area contributed by atoms with Gasteiger partial charge in [0.25, 0.3) is 0 Å². The van der Waals surface area contributed by atoms with Crippen molar-refractivity contribution < 1.29 is 8.42 Å². The van der Waals surface area contributed by atoms with Gasteiger partial charge in [0.15, 0.2) is 0 Å². The van der Waals surface area contributed by atoms with Crippen molar-refractivity contribution in [3.8, 4) is 0 Å². The molecule has 0 radical (unpaired) electrons.